The average Bonchev–Trinajstić information content (AvgIpc) is 2.90. The van der Waals surface area contributed by atoms with E-state index in [4.69, 9.17) is 4.74 Å². The highest BCUT2D eigenvalue weighted by Gasteiger charge is 2.21. The number of methoxy groups -OCH3 is 1. The summed E-state index contributed by atoms with van der Waals surface area (Å²) in [7, 11) is 1.69. The van der Waals surface area contributed by atoms with Crippen LogP contribution in [0.15, 0.2) is 53.5 Å². The van der Waals surface area contributed by atoms with E-state index in [0.29, 0.717) is 13.2 Å². The third-order valence-corrected chi connectivity index (χ3v) is 5.15. The van der Waals surface area contributed by atoms with Gasteiger partial charge in [0.15, 0.2) is 0 Å². The van der Waals surface area contributed by atoms with E-state index >= 15 is 0 Å². The van der Waals surface area contributed by atoms with E-state index < -0.39 is 0 Å². The normalized spacial score (nSPS) is 13.5. The van der Waals surface area contributed by atoms with Gasteiger partial charge in [-0.05, 0) is 31.5 Å². The highest BCUT2D eigenvalue weighted by molar-refractivity contribution is 6.19. The van der Waals surface area contributed by atoms with E-state index in [9.17, 15) is 4.79 Å². The van der Waals surface area contributed by atoms with Gasteiger partial charge >= 0.3 is 0 Å². The Hall–Kier alpha value is -3.25. The molecule has 0 fully saturated rings. The monoisotopic (exact) mass is 388 g/mol. The molecule has 0 bridgehead atoms. The zero-order valence-electron chi connectivity index (χ0n) is 16.9. The first-order valence-corrected chi connectivity index (χ1v) is 9.66. The number of amides is 1. The van der Waals surface area contributed by atoms with Crippen LogP contribution in [0.25, 0.3) is 11.1 Å². The van der Waals surface area contributed by atoms with E-state index in [-0.39, 0.29) is 12.5 Å². The topological polar surface area (TPSA) is 68.5 Å². The Morgan fingerprint density at radius 2 is 1.90 bits per heavy atom. The van der Waals surface area contributed by atoms with Crippen LogP contribution >= 0.6 is 0 Å². The van der Waals surface area contributed by atoms with Gasteiger partial charge in [0.25, 0.3) is 0 Å². The second-order valence-electron chi connectivity index (χ2n) is 7.10. The van der Waals surface area contributed by atoms with Crippen LogP contribution in [0.2, 0.25) is 0 Å². The summed E-state index contributed by atoms with van der Waals surface area (Å²) in [5, 5.41) is 7.65. The number of carbonyl (C=O) groups is 1. The molecule has 0 saturated carbocycles. The average molecular weight is 388 g/mol. The Kier molecular flexibility index (Phi) is 5.27. The first kappa shape index (κ1) is 19.1. The van der Waals surface area contributed by atoms with Gasteiger partial charge in [-0.25, -0.2) is 0 Å². The number of aryl methyl sites for hydroxylation is 1. The van der Waals surface area contributed by atoms with E-state index in [0.717, 1.165) is 45.0 Å². The highest BCUT2D eigenvalue weighted by Crippen LogP contribution is 2.32. The largest absolute Gasteiger partial charge is 0.383 e. The number of ether oxygens (including phenoxy) is 1. The molecule has 0 saturated heterocycles. The predicted octanol–water partition coefficient (Wildman–Crippen LogP) is 3.60. The van der Waals surface area contributed by atoms with Crippen LogP contribution in [0, 0.1) is 13.8 Å². The van der Waals surface area contributed by atoms with Crippen LogP contribution in [0.3, 0.4) is 0 Å². The highest BCUT2D eigenvalue weighted by atomic mass is 16.5. The van der Waals surface area contributed by atoms with Gasteiger partial charge in [-0.15, -0.1) is 0 Å². The van der Waals surface area contributed by atoms with Crippen LogP contribution in [0.5, 0.6) is 0 Å². The Morgan fingerprint density at radius 3 is 2.66 bits per heavy atom. The molecule has 0 aliphatic carbocycles. The number of fused-ring (bicyclic) bond motifs is 1. The minimum atomic E-state index is -0.107. The number of rotatable bonds is 5. The van der Waals surface area contributed by atoms with Crippen LogP contribution in [-0.4, -0.2) is 41.7 Å². The second-order valence-corrected chi connectivity index (χ2v) is 7.10. The number of carbonyl (C=O) groups excluding carboxylic acids is 1. The maximum Gasteiger partial charge on any atom is 0.246 e. The molecule has 148 valence electrons. The molecule has 6 nitrogen and oxygen atoms in total. The van der Waals surface area contributed by atoms with E-state index in [1.54, 1.807) is 7.11 Å². The molecule has 6 heteroatoms. The third kappa shape index (κ3) is 3.71. The number of nitrogens with one attached hydrogen (secondary N) is 1. The summed E-state index contributed by atoms with van der Waals surface area (Å²) in [6, 6.07) is 16.1. The van der Waals surface area contributed by atoms with Crippen molar-refractivity contribution in [3.8, 4) is 11.1 Å². The molecular weight excluding hydrogens is 364 g/mol. The van der Waals surface area contributed by atoms with Crippen LogP contribution in [0.1, 0.15) is 22.5 Å². The summed E-state index contributed by atoms with van der Waals surface area (Å²) in [6.07, 6.45) is 0. The van der Waals surface area contributed by atoms with Gasteiger partial charge in [-0.1, -0.05) is 36.4 Å². The quantitative estimate of drug-likeness (QED) is 0.726. The summed E-state index contributed by atoms with van der Waals surface area (Å²) in [6.45, 7) is 5.53. The summed E-state index contributed by atoms with van der Waals surface area (Å²) < 4.78 is 7.18. The molecule has 1 aliphatic heterocycles. The van der Waals surface area contributed by atoms with Crippen molar-refractivity contribution in [3.63, 3.8) is 0 Å². The number of nitrogens with zero attached hydrogens (tertiary/aromatic N) is 3. The number of hydrogen-bond donors (Lipinski definition) is 1. The molecule has 0 radical (unpaired) electrons. The van der Waals surface area contributed by atoms with Crippen molar-refractivity contribution >= 4 is 17.3 Å². The van der Waals surface area contributed by atoms with Crippen molar-refractivity contribution < 1.29 is 9.53 Å². The molecule has 1 amide bonds. The first-order valence-electron chi connectivity index (χ1n) is 9.66. The third-order valence-electron chi connectivity index (χ3n) is 5.15. The fourth-order valence-electron chi connectivity index (χ4n) is 3.78. The Balaban J connectivity index is 1.83. The zero-order chi connectivity index (χ0) is 20.4. The number of anilines is 1. The summed E-state index contributed by atoms with van der Waals surface area (Å²) in [4.78, 5) is 16.8. The molecule has 1 N–H and O–H groups in total. The minimum absolute atomic E-state index is 0.107. The molecule has 0 unspecified atom stereocenters. The molecule has 2 aromatic carbocycles. The maximum atomic E-state index is 12.1. The Bertz CT molecular complexity index is 1080. The molecule has 4 rings (SSSR count). The summed E-state index contributed by atoms with van der Waals surface area (Å²) in [5.41, 5.74) is 7.73. The molecule has 1 aliphatic rings. The predicted molar refractivity (Wildman–Crippen MR) is 115 cm³/mol. The van der Waals surface area contributed by atoms with Gasteiger partial charge in [-0.3, -0.25) is 14.5 Å². The maximum absolute atomic E-state index is 12.1. The van der Waals surface area contributed by atoms with Gasteiger partial charge in [0.05, 0.1) is 30.2 Å². The summed E-state index contributed by atoms with van der Waals surface area (Å²) in [5.74, 6) is -0.107. The molecule has 0 atom stereocenters. The Labute approximate surface area is 170 Å². The molecule has 0 spiro atoms. The van der Waals surface area contributed by atoms with Crippen molar-refractivity contribution in [1.29, 1.82) is 0 Å². The Morgan fingerprint density at radius 1 is 1.10 bits per heavy atom. The van der Waals surface area contributed by atoms with Crippen molar-refractivity contribution in [2.45, 2.75) is 20.4 Å². The molecule has 1 aromatic heterocycles. The first-order chi connectivity index (χ1) is 14.1. The van der Waals surface area contributed by atoms with Crippen LogP contribution < -0.4 is 5.32 Å². The molecule has 2 heterocycles. The van der Waals surface area contributed by atoms with Crippen molar-refractivity contribution in [1.82, 2.24) is 9.78 Å². The minimum Gasteiger partial charge on any atom is -0.383 e. The lowest BCUT2D eigenvalue weighted by molar-refractivity contribution is -0.114. The molecule has 3 aromatic rings. The van der Waals surface area contributed by atoms with Gasteiger partial charge in [0, 0.05) is 29.5 Å². The fourth-order valence-corrected chi connectivity index (χ4v) is 3.78. The van der Waals surface area contributed by atoms with Gasteiger partial charge in [0.1, 0.15) is 6.54 Å². The van der Waals surface area contributed by atoms with E-state index in [2.05, 4.69) is 28.4 Å². The number of hydrogen-bond acceptors (Lipinski definition) is 4. The number of benzodiazepines with no additional fused rings is 1. The standard InChI is InChI=1S/C23H24N4O2/c1-15-22(16(2)27(26-15)11-12-29-3)18-9-10-20-19(13-18)23(24-14-21(28)25-20)17-7-5-4-6-8-17/h4-10,13H,11-12,14H2,1-3H3,(H,25,28). The SMILES string of the molecule is COCCn1nc(C)c(-c2ccc3c(c2)C(c2ccccc2)=NCC(=O)N3)c1C. The summed E-state index contributed by atoms with van der Waals surface area (Å²) >= 11 is 0. The molecular formula is C23H24N4O2. The van der Waals surface area contributed by atoms with Crippen molar-refractivity contribution in [2.24, 2.45) is 4.99 Å². The van der Waals surface area contributed by atoms with Gasteiger partial charge < -0.3 is 10.1 Å². The van der Waals surface area contributed by atoms with Gasteiger partial charge in [-0.2, -0.15) is 5.10 Å². The fraction of sp³-hybridized carbons (Fsp3) is 0.261. The van der Waals surface area contributed by atoms with Crippen LogP contribution in [0.4, 0.5) is 5.69 Å². The lowest BCUT2D eigenvalue weighted by Gasteiger charge is -2.13. The lowest BCUT2D eigenvalue weighted by atomic mass is 9.95. The second kappa shape index (κ2) is 8.01. The van der Waals surface area contributed by atoms with Crippen LogP contribution in [-0.2, 0) is 16.1 Å². The van der Waals surface area contributed by atoms with Crippen molar-refractivity contribution in [3.05, 3.63) is 71.0 Å². The van der Waals surface area contributed by atoms with E-state index in [1.807, 2.05) is 54.1 Å². The smallest absolute Gasteiger partial charge is 0.246 e. The lowest BCUT2D eigenvalue weighted by Crippen LogP contribution is -2.13. The molecule has 29 heavy (non-hydrogen) atoms. The van der Waals surface area contributed by atoms with Gasteiger partial charge in [0.2, 0.25) is 5.91 Å². The number of aliphatic imine (C=N–C) groups is 1. The number of benzene rings is 2. The van der Waals surface area contributed by atoms with E-state index in [1.165, 1.54) is 0 Å². The zero-order valence-corrected chi connectivity index (χ0v) is 16.9. The number of aromatic nitrogens is 2. The van der Waals surface area contributed by atoms with Crippen molar-refractivity contribution in [2.75, 3.05) is 25.6 Å².